The maximum atomic E-state index is 12.7. The number of rotatable bonds is 4. The zero-order valence-electron chi connectivity index (χ0n) is 13.0. The van der Waals surface area contributed by atoms with E-state index in [9.17, 15) is 22.8 Å². The lowest BCUT2D eigenvalue weighted by Crippen LogP contribution is -2.36. The number of nitrogens with zero attached hydrogens (tertiary/aromatic N) is 1. The van der Waals surface area contributed by atoms with Gasteiger partial charge in [-0.3, -0.25) is 9.59 Å². The highest BCUT2D eigenvalue weighted by atomic mass is 19.4. The first-order chi connectivity index (χ1) is 10.7. The summed E-state index contributed by atoms with van der Waals surface area (Å²) in [4.78, 5) is 25.4. The van der Waals surface area contributed by atoms with Crippen molar-refractivity contribution in [2.75, 3.05) is 6.54 Å². The summed E-state index contributed by atoms with van der Waals surface area (Å²) >= 11 is 0. The molecular weight excluding hydrogens is 309 g/mol. The first-order valence-electron chi connectivity index (χ1n) is 7.41. The lowest BCUT2D eigenvalue weighted by atomic mass is 10.1. The Kier molecular flexibility index (Phi) is 4.97. The van der Waals surface area contributed by atoms with Crippen LogP contribution in [0.1, 0.15) is 31.4 Å². The number of amides is 2. The van der Waals surface area contributed by atoms with Crippen LogP contribution in [0.4, 0.5) is 13.2 Å². The lowest BCUT2D eigenvalue weighted by Gasteiger charge is -2.18. The van der Waals surface area contributed by atoms with E-state index in [4.69, 9.17) is 0 Å². The van der Waals surface area contributed by atoms with Gasteiger partial charge in [-0.25, -0.2) is 0 Å². The molecule has 1 aliphatic heterocycles. The van der Waals surface area contributed by atoms with Crippen LogP contribution in [0.5, 0.6) is 0 Å². The molecule has 0 aliphatic carbocycles. The Morgan fingerprint density at radius 1 is 1.39 bits per heavy atom. The van der Waals surface area contributed by atoms with Gasteiger partial charge < -0.3 is 10.2 Å². The monoisotopic (exact) mass is 328 g/mol. The normalized spacial score (nSPS) is 18.6. The van der Waals surface area contributed by atoms with Crippen molar-refractivity contribution in [2.24, 2.45) is 5.92 Å². The van der Waals surface area contributed by atoms with Crippen molar-refractivity contribution in [3.8, 4) is 0 Å². The summed E-state index contributed by atoms with van der Waals surface area (Å²) in [5.74, 6) is -0.859. The molecule has 0 radical (unpaired) electrons. The van der Waals surface area contributed by atoms with E-state index in [0.29, 0.717) is 5.56 Å². The topological polar surface area (TPSA) is 49.4 Å². The van der Waals surface area contributed by atoms with Crippen LogP contribution in [0.25, 0.3) is 0 Å². The van der Waals surface area contributed by atoms with E-state index in [2.05, 4.69) is 5.32 Å². The average molecular weight is 328 g/mol. The summed E-state index contributed by atoms with van der Waals surface area (Å²) in [6.45, 7) is 3.96. The van der Waals surface area contributed by atoms with Gasteiger partial charge in [-0.1, -0.05) is 12.1 Å². The Bertz CT molecular complexity index is 599. The molecule has 1 saturated heterocycles. The summed E-state index contributed by atoms with van der Waals surface area (Å²) in [6.07, 6.45) is -4.32. The number of carbonyl (C=O) groups is 2. The van der Waals surface area contributed by atoms with Crippen molar-refractivity contribution in [1.29, 1.82) is 0 Å². The second kappa shape index (κ2) is 6.60. The van der Waals surface area contributed by atoms with Gasteiger partial charge in [0, 0.05) is 25.6 Å². The molecule has 0 bridgehead atoms. The van der Waals surface area contributed by atoms with Gasteiger partial charge in [0.25, 0.3) is 0 Å². The molecule has 7 heteroatoms. The summed E-state index contributed by atoms with van der Waals surface area (Å²) in [6, 6.07) is 4.88. The molecule has 0 unspecified atom stereocenters. The van der Waals surface area contributed by atoms with E-state index in [1.165, 1.54) is 11.0 Å². The van der Waals surface area contributed by atoms with Gasteiger partial charge in [0.05, 0.1) is 11.5 Å². The van der Waals surface area contributed by atoms with Crippen LogP contribution in [0, 0.1) is 5.92 Å². The van der Waals surface area contributed by atoms with Gasteiger partial charge in [-0.2, -0.15) is 13.2 Å². The minimum atomic E-state index is -4.41. The number of nitrogens with one attached hydrogen (secondary N) is 1. The molecule has 2 rings (SSSR count). The molecule has 0 spiro atoms. The second-order valence-corrected chi connectivity index (χ2v) is 6.04. The molecule has 1 aromatic rings. The fourth-order valence-corrected chi connectivity index (χ4v) is 2.57. The Labute approximate surface area is 132 Å². The molecule has 1 heterocycles. The molecule has 1 aliphatic rings. The van der Waals surface area contributed by atoms with E-state index < -0.39 is 17.7 Å². The van der Waals surface area contributed by atoms with E-state index in [-0.39, 0.29) is 37.4 Å². The largest absolute Gasteiger partial charge is 0.416 e. The van der Waals surface area contributed by atoms with Gasteiger partial charge in [0.15, 0.2) is 0 Å². The number of alkyl halides is 3. The number of carbonyl (C=O) groups excluding carboxylic acids is 2. The van der Waals surface area contributed by atoms with Crippen molar-refractivity contribution in [3.05, 3.63) is 35.4 Å². The predicted octanol–water partition coefficient (Wildman–Crippen LogP) is 2.58. The zero-order valence-corrected chi connectivity index (χ0v) is 13.0. The summed E-state index contributed by atoms with van der Waals surface area (Å²) < 4.78 is 38.1. The van der Waals surface area contributed by atoms with Crippen LogP contribution in [0.3, 0.4) is 0 Å². The van der Waals surface area contributed by atoms with Gasteiger partial charge in [-0.15, -0.1) is 0 Å². The highest BCUT2D eigenvalue weighted by molar-refractivity contribution is 5.89. The standard InChI is InChI=1S/C16H19F3N2O2/c1-10(2)20-15(23)12-7-14(22)21(9-12)8-11-4-3-5-13(6-11)16(17,18)19/h3-6,10,12H,7-9H2,1-2H3,(H,20,23)/t12-/m0/s1. The molecule has 0 saturated carbocycles. The maximum Gasteiger partial charge on any atom is 0.416 e. The maximum absolute atomic E-state index is 12.7. The van der Waals surface area contributed by atoms with Gasteiger partial charge in [0.1, 0.15) is 0 Å². The Hall–Kier alpha value is -2.05. The highest BCUT2D eigenvalue weighted by Gasteiger charge is 2.35. The van der Waals surface area contributed by atoms with E-state index in [1.807, 2.05) is 13.8 Å². The molecule has 23 heavy (non-hydrogen) atoms. The minimum Gasteiger partial charge on any atom is -0.354 e. The molecule has 2 amide bonds. The number of halogens is 3. The molecule has 0 aromatic heterocycles. The average Bonchev–Trinajstić information content (AvgIpc) is 2.79. The molecule has 1 N–H and O–H groups in total. The highest BCUT2D eigenvalue weighted by Crippen LogP contribution is 2.30. The summed E-state index contributed by atoms with van der Waals surface area (Å²) in [5, 5.41) is 2.75. The third kappa shape index (κ3) is 4.46. The lowest BCUT2D eigenvalue weighted by molar-refractivity contribution is -0.137. The Morgan fingerprint density at radius 2 is 2.09 bits per heavy atom. The van der Waals surface area contributed by atoms with Crippen molar-refractivity contribution < 1.29 is 22.8 Å². The number of hydrogen-bond acceptors (Lipinski definition) is 2. The van der Waals surface area contributed by atoms with Gasteiger partial charge >= 0.3 is 6.18 Å². The number of likely N-dealkylation sites (tertiary alicyclic amines) is 1. The van der Waals surface area contributed by atoms with Gasteiger partial charge in [-0.05, 0) is 31.5 Å². The van der Waals surface area contributed by atoms with Crippen molar-refractivity contribution in [1.82, 2.24) is 10.2 Å². The van der Waals surface area contributed by atoms with Crippen LogP contribution in [0.2, 0.25) is 0 Å². The molecule has 1 aromatic carbocycles. The third-order valence-electron chi connectivity index (χ3n) is 3.64. The minimum absolute atomic E-state index is 0.0184. The first-order valence-corrected chi connectivity index (χ1v) is 7.41. The smallest absolute Gasteiger partial charge is 0.354 e. The van der Waals surface area contributed by atoms with Crippen LogP contribution in [0.15, 0.2) is 24.3 Å². The van der Waals surface area contributed by atoms with Crippen LogP contribution >= 0.6 is 0 Å². The fourth-order valence-electron chi connectivity index (χ4n) is 2.57. The van der Waals surface area contributed by atoms with Crippen molar-refractivity contribution >= 4 is 11.8 Å². The van der Waals surface area contributed by atoms with Crippen LogP contribution in [-0.2, 0) is 22.3 Å². The van der Waals surface area contributed by atoms with Crippen molar-refractivity contribution in [2.45, 2.75) is 39.0 Å². The number of benzene rings is 1. The molecule has 4 nitrogen and oxygen atoms in total. The zero-order chi connectivity index (χ0) is 17.2. The second-order valence-electron chi connectivity index (χ2n) is 6.04. The van der Waals surface area contributed by atoms with E-state index in [1.54, 1.807) is 6.07 Å². The summed E-state index contributed by atoms with van der Waals surface area (Å²) in [5.41, 5.74) is -0.339. The molecule has 126 valence electrons. The third-order valence-corrected chi connectivity index (χ3v) is 3.64. The van der Waals surface area contributed by atoms with Crippen molar-refractivity contribution in [3.63, 3.8) is 0 Å². The van der Waals surface area contributed by atoms with Crippen LogP contribution in [-0.4, -0.2) is 29.3 Å². The van der Waals surface area contributed by atoms with Crippen LogP contribution < -0.4 is 5.32 Å². The van der Waals surface area contributed by atoms with E-state index in [0.717, 1.165) is 12.1 Å². The van der Waals surface area contributed by atoms with E-state index >= 15 is 0 Å². The quantitative estimate of drug-likeness (QED) is 0.923. The molecular formula is C16H19F3N2O2. The Morgan fingerprint density at radius 3 is 2.70 bits per heavy atom. The van der Waals surface area contributed by atoms with Gasteiger partial charge in [0.2, 0.25) is 11.8 Å². The first kappa shape index (κ1) is 17.3. The summed E-state index contributed by atoms with van der Waals surface area (Å²) in [7, 11) is 0. The Balaban J connectivity index is 2.04. The SMILES string of the molecule is CC(C)NC(=O)[C@H]1CC(=O)N(Cc2cccc(C(F)(F)F)c2)C1. The molecule has 1 fully saturated rings. The predicted molar refractivity (Wildman–Crippen MR) is 78.2 cm³/mol. The fraction of sp³-hybridized carbons (Fsp3) is 0.500. The number of hydrogen-bond donors (Lipinski definition) is 1. The molecule has 1 atom stereocenters.